The Kier molecular flexibility index (Phi) is 5.43. The molecular weight excluding hydrogens is 416 g/mol. The van der Waals surface area contributed by atoms with Crippen LogP contribution in [0.5, 0.6) is 0 Å². The van der Waals surface area contributed by atoms with E-state index in [2.05, 4.69) is 5.32 Å². The van der Waals surface area contributed by atoms with Crippen LogP contribution in [0.3, 0.4) is 0 Å². The molecule has 140 valence electrons. The van der Waals surface area contributed by atoms with Gasteiger partial charge in [0.2, 0.25) is 0 Å². The van der Waals surface area contributed by atoms with Gasteiger partial charge in [-0.05, 0) is 12.1 Å². The minimum Gasteiger partial charge on any atom is -0.348 e. The smallest absolute Gasteiger partial charge is 0.348 e. The normalized spacial score (nSPS) is 11.0. The Bertz CT molecular complexity index is 1010. The molecule has 0 spiro atoms. The van der Waals surface area contributed by atoms with E-state index in [1.54, 1.807) is 6.07 Å². The SMILES string of the molecule is N#Cc1cc(Cl)c(Nc2c([N+](=O)[O-])cc([N+](=O)[O-])cc2C(F)(F)F)cc1Cl. The minimum atomic E-state index is -5.15. The quantitative estimate of drug-likeness (QED) is 0.518. The predicted octanol–water partition coefficient (Wildman–Crippen LogP) is 5.44. The molecule has 0 saturated carbocycles. The van der Waals surface area contributed by atoms with Crippen LogP contribution in [-0.4, -0.2) is 9.85 Å². The fourth-order valence-corrected chi connectivity index (χ4v) is 2.50. The van der Waals surface area contributed by atoms with Gasteiger partial charge in [-0.25, -0.2) is 0 Å². The summed E-state index contributed by atoms with van der Waals surface area (Å²) in [4.78, 5) is 19.6. The highest BCUT2D eigenvalue weighted by atomic mass is 35.5. The summed E-state index contributed by atoms with van der Waals surface area (Å²) in [7, 11) is 0. The maximum Gasteiger partial charge on any atom is 0.418 e. The average Bonchev–Trinajstić information content (AvgIpc) is 2.56. The predicted molar refractivity (Wildman–Crippen MR) is 89.2 cm³/mol. The first-order valence-electron chi connectivity index (χ1n) is 6.66. The second-order valence-corrected chi connectivity index (χ2v) is 5.76. The molecule has 0 heterocycles. The van der Waals surface area contributed by atoms with Crippen molar-refractivity contribution in [3.63, 3.8) is 0 Å². The van der Waals surface area contributed by atoms with Crippen molar-refractivity contribution in [2.45, 2.75) is 6.18 Å². The highest BCUT2D eigenvalue weighted by molar-refractivity contribution is 6.36. The second-order valence-electron chi connectivity index (χ2n) is 4.95. The highest BCUT2D eigenvalue weighted by Crippen LogP contribution is 2.44. The molecule has 0 radical (unpaired) electrons. The standard InChI is InChI=1S/C14H5Cl2F3N4O4/c15-9-4-11(10(16)1-6(9)5-20)21-13-8(14(17,18)19)2-7(22(24)25)3-12(13)23(26)27/h1-4,21H. The van der Waals surface area contributed by atoms with Crippen LogP contribution in [-0.2, 0) is 6.18 Å². The lowest BCUT2D eigenvalue weighted by Gasteiger charge is -2.16. The number of halogens is 5. The molecule has 0 aliphatic heterocycles. The molecule has 0 saturated heterocycles. The number of nitro benzene ring substituents is 2. The van der Waals surface area contributed by atoms with E-state index in [9.17, 15) is 33.4 Å². The van der Waals surface area contributed by atoms with Gasteiger partial charge in [0.1, 0.15) is 11.8 Å². The molecule has 27 heavy (non-hydrogen) atoms. The van der Waals surface area contributed by atoms with E-state index in [-0.39, 0.29) is 27.4 Å². The molecule has 0 aliphatic rings. The zero-order valence-electron chi connectivity index (χ0n) is 12.7. The van der Waals surface area contributed by atoms with Crippen molar-refractivity contribution in [1.29, 1.82) is 5.26 Å². The Morgan fingerprint density at radius 2 is 1.67 bits per heavy atom. The molecule has 2 aromatic carbocycles. The van der Waals surface area contributed by atoms with E-state index in [1.165, 1.54) is 0 Å². The number of hydrogen-bond donors (Lipinski definition) is 1. The van der Waals surface area contributed by atoms with Gasteiger partial charge in [-0.3, -0.25) is 20.2 Å². The summed E-state index contributed by atoms with van der Waals surface area (Å²) in [6.45, 7) is 0. The number of nitriles is 1. The molecule has 2 rings (SSSR count). The van der Waals surface area contributed by atoms with Crippen molar-refractivity contribution in [3.05, 3.63) is 65.7 Å². The van der Waals surface area contributed by atoms with Crippen LogP contribution in [0, 0.1) is 31.6 Å². The molecule has 8 nitrogen and oxygen atoms in total. The Hall–Kier alpha value is -3.10. The monoisotopic (exact) mass is 420 g/mol. The van der Waals surface area contributed by atoms with Crippen molar-refractivity contribution in [2.24, 2.45) is 0 Å². The number of nitro groups is 2. The molecule has 0 fully saturated rings. The van der Waals surface area contributed by atoms with Crippen LogP contribution in [0.1, 0.15) is 11.1 Å². The van der Waals surface area contributed by atoms with E-state index in [1.807, 2.05) is 0 Å². The van der Waals surface area contributed by atoms with Crippen molar-refractivity contribution < 1.29 is 23.0 Å². The van der Waals surface area contributed by atoms with Crippen LogP contribution < -0.4 is 5.32 Å². The van der Waals surface area contributed by atoms with Gasteiger partial charge in [-0.15, -0.1) is 0 Å². The van der Waals surface area contributed by atoms with Gasteiger partial charge in [0.05, 0.1) is 42.8 Å². The van der Waals surface area contributed by atoms with E-state index < -0.39 is 38.6 Å². The number of hydrogen-bond acceptors (Lipinski definition) is 6. The molecule has 0 unspecified atom stereocenters. The zero-order valence-corrected chi connectivity index (χ0v) is 14.2. The second kappa shape index (κ2) is 7.26. The molecule has 0 amide bonds. The summed E-state index contributed by atoms with van der Waals surface area (Å²) in [5.74, 6) is 0. The molecule has 0 aromatic heterocycles. The van der Waals surface area contributed by atoms with Gasteiger partial charge in [-0.2, -0.15) is 18.4 Å². The fraction of sp³-hybridized carbons (Fsp3) is 0.0714. The van der Waals surface area contributed by atoms with Gasteiger partial charge in [0, 0.05) is 6.07 Å². The fourth-order valence-electron chi connectivity index (χ4n) is 2.08. The molecule has 0 atom stereocenters. The van der Waals surface area contributed by atoms with Gasteiger partial charge < -0.3 is 5.32 Å². The first kappa shape index (κ1) is 20.2. The zero-order chi connectivity index (χ0) is 20.5. The lowest BCUT2D eigenvalue weighted by atomic mass is 10.1. The third kappa shape index (κ3) is 4.18. The van der Waals surface area contributed by atoms with Gasteiger partial charge in [-0.1, -0.05) is 23.2 Å². The van der Waals surface area contributed by atoms with E-state index in [0.29, 0.717) is 6.07 Å². The summed E-state index contributed by atoms with van der Waals surface area (Å²) >= 11 is 11.7. The number of nitrogens with zero attached hydrogens (tertiary/aromatic N) is 3. The Morgan fingerprint density at radius 1 is 1.04 bits per heavy atom. The third-order valence-electron chi connectivity index (χ3n) is 3.25. The highest BCUT2D eigenvalue weighted by Gasteiger charge is 2.39. The van der Waals surface area contributed by atoms with Crippen LogP contribution in [0.25, 0.3) is 0 Å². The van der Waals surface area contributed by atoms with Gasteiger partial charge in [0.15, 0.2) is 0 Å². The van der Waals surface area contributed by atoms with E-state index >= 15 is 0 Å². The first-order chi connectivity index (χ1) is 12.5. The first-order valence-corrected chi connectivity index (χ1v) is 7.41. The molecule has 1 N–H and O–H groups in total. The van der Waals surface area contributed by atoms with Gasteiger partial charge >= 0.3 is 6.18 Å². The van der Waals surface area contributed by atoms with Crippen molar-refractivity contribution >= 4 is 46.0 Å². The number of anilines is 2. The molecule has 0 bridgehead atoms. The van der Waals surface area contributed by atoms with Crippen molar-refractivity contribution in [1.82, 2.24) is 0 Å². The minimum absolute atomic E-state index is 0.0681. The maximum atomic E-state index is 13.3. The lowest BCUT2D eigenvalue weighted by molar-refractivity contribution is -0.394. The van der Waals surface area contributed by atoms with E-state index in [0.717, 1.165) is 12.1 Å². The summed E-state index contributed by atoms with van der Waals surface area (Å²) in [5, 5.41) is 32.6. The van der Waals surface area contributed by atoms with Crippen molar-refractivity contribution in [3.8, 4) is 6.07 Å². The molecule has 13 heteroatoms. The number of alkyl halides is 3. The third-order valence-corrected chi connectivity index (χ3v) is 3.88. The number of non-ortho nitro benzene ring substituents is 1. The topological polar surface area (TPSA) is 122 Å². The number of rotatable bonds is 4. The van der Waals surface area contributed by atoms with Gasteiger partial charge in [0.25, 0.3) is 11.4 Å². The lowest BCUT2D eigenvalue weighted by Crippen LogP contribution is -2.12. The Morgan fingerprint density at radius 3 is 2.15 bits per heavy atom. The van der Waals surface area contributed by atoms with E-state index in [4.69, 9.17) is 28.5 Å². The molecule has 2 aromatic rings. The number of nitrogens with one attached hydrogen (secondary N) is 1. The Balaban J connectivity index is 2.76. The van der Waals surface area contributed by atoms with Crippen LogP contribution in [0.15, 0.2) is 24.3 Å². The summed E-state index contributed by atoms with van der Waals surface area (Å²) in [5.41, 5.74) is -5.32. The molecular formula is C14H5Cl2F3N4O4. The molecule has 0 aliphatic carbocycles. The average molecular weight is 421 g/mol. The largest absolute Gasteiger partial charge is 0.418 e. The summed E-state index contributed by atoms with van der Waals surface area (Å²) in [6, 6.07) is 4.31. The summed E-state index contributed by atoms with van der Waals surface area (Å²) in [6.07, 6.45) is -5.15. The van der Waals surface area contributed by atoms with Crippen molar-refractivity contribution in [2.75, 3.05) is 5.32 Å². The maximum absolute atomic E-state index is 13.3. The Labute approximate surface area is 158 Å². The summed E-state index contributed by atoms with van der Waals surface area (Å²) < 4.78 is 40.0. The van der Waals surface area contributed by atoms with Crippen LogP contribution in [0.2, 0.25) is 10.0 Å². The van der Waals surface area contributed by atoms with Crippen LogP contribution in [0.4, 0.5) is 35.9 Å². The number of benzene rings is 2. The van der Waals surface area contributed by atoms with Crippen LogP contribution >= 0.6 is 23.2 Å².